The van der Waals surface area contributed by atoms with Crippen molar-refractivity contribution in [2.75, 3.05) is 23.1 Å². The van der Waals surface area contributed by atoms with E-state index in [1.54, 1.807) is 18.2 Å². The van der Waals surface area contributed by atoms with E-state index in [4.69, 9.17) is 4.74 Å². The van der Waals surface area contributed by atoms with Crippen LogP contribution in [0.4, 0.5) is 38.1 Å². The molecule has 3 amide bonds. The van der Waals surface area contributed by atoms with E-state index in [9.17, 15) is 31.5 Å². The number of aliphatic imine (C=N–C) groups is 1. The molecule has 246 valence electrons. The van der Waals surface area contributed by atoms with Crippen LogP contribution in [0.1, 0.15) is 30.9 Å². The molecule has 2 heterocycles. The lowest BCUT2D eigenvalue weighted by Crippen LogP contribution is -2.41. The minimum Gasteiger partial charge on any atom is -0.495 e. The number of methoxy groups -OCH3 is 1. The van der Waals surface area contributed by atoms with Crippen LogP contribution in [0, 0.1) is 6.92 Å². The Morgan fingerprint density at radius 3 is 2.43 bits per heavy atom. The molecule has 3 aromatic carbocycles. The normalized spacial score (nSPS) is 14.6. The van der Waals surface area contributed by atoms with Crippen LogP contribution in [0.15, 0.2) is 72.0 Å². The zero-order chi connectivity index (χ0) is 34.1. The smallest absolute Gasteiger partial charge is 0.495 e. The predicted molar refractivity (Wildman–Crippen MR) is 167 cm³/mol. The number of urea groups is 1. The van der Waals surface area contributed by atoms with Crippen molar-refractivity contribution in [2.24, 2.45) is 4.99 Å². The summed E-state index contributed by atoms with van der Waals surface area (Å²) in [5, 5.41) is 7.26. The molecule has 1 fully saturated rings. The molecule has 16 heteroatoms. The van der Waals surface area contributed by atoms with Crippen molar-refractivity contribution in [3.8, 4) is 28.6 Å². The second-order valence-corrected chi connectivity index (χ2v) is 11.5. The monoisotopic (exact) mass is 674 g/mol. The summed E-state index contributed by atoms with van der Waals surface area (Å²) in [5.74, 6) is -0.125. The first-order chi connectivity index (χ1) is 22.2. The molecule has 0 saturated carbocycles. The summed E-state index contributed by atoms with van der Waals surface area (Å²) < 4.78 is 74.2. The van der Waals surface area contributed by atoms with Gasteiger partial charge in [0.05, 0.1) is 29.9 Å². The van der Waals surface area contributed by atoms with Crippen molar-refractivity contribution >= 4 is 40.2 Å². The molecule has 0 spiro atoms. The van der Waals surface area contributed by atoms with E-state index >= 15 is 0 Å². The number of hydrogen-bond donors (Lipinski definition) is 1. The molecule has 10 nitrogen and oxygen atoms in total. The Hall–Kier alpha value is -4.99. The molecule has 1 aliphatic heterocycles. The van der Waals surface area contributed by atoms with E-state index in [-0.39, 0.29) is 40.0 Å². The summed E-state index contributed by atoms with van der Waals surface area (Å²) in [7, 11) is 1.40. The van der Waals surface area contributed by atoms with E-state index in [1.165, 1.54) is 35.2 Å². The SMILES string of the molecule is COc1cc(-c2ncn(-c3ccc(OC(F)(F)C(F)(F)F)cc3)n2)ccc1NC(=O)N=C1SCC(=O)N1c1cc(C)ccc1C(C)C. The van der Waals surface area contributed by atoms with E-state index < -0.39 is 24.1 Å². The molecule has 1 aliphatic rings. The van der Waals surface area contributed by atoms with Crippen molar-refractivity contribution in [1.29, 1.82) is 0 Å². The lowest BCUT2D eigenvalue weighted by Gasteiger charge is -2.22. The van der Waals surface area contributed by atoms with Gasteiger partial charge < -0.3 is 14.8 Å². The number of amidine groups is 1. The number of nitrogens with zero attached hydrogens (tertiary/aromatic N) is 5. The standard InChI is InChI=1S/C31H27F5N6O4S/c1-17(2)22-11-5-18(3)13-24(22)42-26(43)15-47-29(42)39-28(44)38-23-12-6-19(14-25(23)45-4)27-37-16-41(40-27)20-7-9-21(10-8-20)46-31(35,36)30(32,33)34/h5-14,16-17H,15H2,1-4H3,(H,38,44). The third-order valence-corrected chi connectivity index (χ3v) is 7.81. The number of benzene rings is 3. The minimum absolute atomic E-state index is 0.130. The summed E-state index contributed by atoms with van der Waals surface area (Å²) in [6.45, 7) is 5.96. The quantitative estimate of drug-likeness (QED) is 0.192. The first kappa shape index (κ1) is 33.4. The van der Waals surface area contributed by atoms with Gasteiger partial charge in [0.1, 0.15) is 17.8 Å². The van der Waals surface area contributed by atoms with Crippen LogP contribution >= 0.6 is 11.8 Å². The molecule has 0 radical (unpaired) electrons. The van der Waals surface area contributed by atoms with Crippen LogP contribution in [-0.2, 0) is 4.79 Å². The first-order valence-electron chi connectivity index (χ1n) is 14.0. The van der Waals surface area contributed by atoms with Crippen LogP contribution in [0.5, 0.6) is 11.5 Å². The molecule has 1 aromatic heterocycles. The fraction of sp³-hybridized carbons (Fsp3) is 0.258. The molecule has 1 N–H and O–H groups in total. The lowest BCUT2D eigenvalue weighted by molar-refractivity contribution is -0.360. The van der Waals surface area contributed by atoms with Crippen LogP contribution in [-0.4, -0.2) is 57.0 Å². The second-order valence-electron chi connectivity index (χ2n) is 10.6. The van der Waals surface area contributed by atoms with Gasteiger partial charge in [0.25, 0.3) is 0 Å². The molecule has 0 atom stereocenters. The number of amides is 3. The largest absolute Gasteiger partial charge is 0.499 e. The molecular weight excluding hydrogens is 647 g/mol. The molecule has 4 aromatic rings. The van der Waals surface area contributed by atoms with Gasteiger partial charge in [-0.1, -0.05) is 37.7 Å². The summed E-state index contributed by atoms with van der Waals surface area (Å²) >= 11 is 1.16. The number of carbonyl (C=O) groups is 2. The minimum atomic E-state index is -5.87. The summed E-state index contributed by atoms with van der Waals surface area (Å²) in [6.07, 6.45) is -9.89. The van der Waals surface area contributed by atoms with Gasteiger partial charge in [0.2, 0.25) is 5.91 Å². The maximum absolute atomic E-state index is 13.2. The predicted octanol–water partition coefficient (Wildman–Crippen LogP) is 7.58. The maximum atomic E-state index is 13.2. The highest BCUT2D eigenvalue weighted by Gasteiger charge is 2.61. The van der Waals surface area contributed by atoms with Crippen LogP contribution in [0.25, 0.3) is 17.1 Å². The summed E-state index contributed by atoms with van der Waals surface area (Å²) in [5.41, 5.74) is 3.67. The average molecular weight is 675 g/mol. The number of hydrogen-bond acceptors (Lipinski definition) is 7. The fourth-order valence-electron chi connectivity index (χ4n) is 4.57. The summed E-state index contributed by atoms with van der Waals surface area (Å²) in [6, 6.07) is 14.2. The van der Waals surface area contributed by atoms with Gasteiger partial charge in [-0.3, -0.25) is 9.69 Å². The summed E-state index contributed by atoms with van der Waals surface area (Å²) in [4.78, 5) is 35.8. The molecule has 0 bridgehead atoms. The topological polar surface area (TPSA) is 111 Å². The fourth-order valence-corrected chi connectivity index (χ4v) is 5.43. The highest BCUT2D eigenvalue weighted by atomic mass is 32.2. The molecule has 1 saturated heterocycles. The zero-order valence-corrected chi connectivity index (χ0v) is 26.1. The zero-order valence-electron chi connectivity index (χ0n) is 25.3. The Bertz CT molecular complexity index is 1840. The number of rotatable bonds is 8. The van der Waals surface area contributed by atoms with Crippen molar-refractivity contribution < 1.29 is 41.0 Å². The maximum Gasteiger partial charge on any atom is 0.499 e. The number of halogens is 5. The number of thioether (sulfide) groups is 1. The molecule has 5 rings (SSSR count). The van der Waals surface area contributed by atoms with Crippen LogP contribution < -0.4 is 19.7 Å². The van der Waals surface area contributed by atoms with Gasteiger partial charge in [-0.05, 0) is 72.5 Å². The van der Waals surface area contributed by atoms with Crippen molar-refractivity contribution in [3.63, 3.8) is 0 Å². The van der Waals surface area contributed by atoms with Crippen molar-refractivity contribution in [3.05, 3.63) is 78.1 Å². The highest BCUT2D eigenvalue weighted by molar-refractivity contribution is 8.15. The number of aromatic nitrogens is 3. The van der Waals surface area contributed by atoms with E-state index in [0.29, 0.717) is 16.9 Å². The third kappa shape index (κ3) is 7.21. The van der Waals surface area contributed by atoms with Gasteiger partial charge in [-0.25, -0.2) is 14.5 Å². The number of alkyl halides is 5. The first-order valence-corrected chi connectivity index (χ1v) is 15.0. The number of aryl methyl sites for hydroxylation is 1. The number of nitrogens with one attached hydrogen (secondary N) is 1. The van der Waals surface area contributed by atoms with E-state index in [0.717, 1.165) is 35.0 Å². The average Bonchev–Trinajstić information content (AvgIpc) is 3.64. The Morgan fingerprint density at radius 1 is 1.04 bits per heavy atom. The second kappa shape index (κ2) is 13.0. The Morgan fingerprint density at radius 2 is 1.77 bits per heavy atom. The lowest BCUT2D eigenvalue weighted by atomic mass is 9.99. The Labute approximate surface area is 269 Å². The highest BCUT2D eigenvalue weighted by Crippen LogP contribution is 2.38. The third-order valence-electron chi connectivity index (χ3n) is 6.88. The van der Waals surface area contributed by atoms with Gasteiger partial charge >= 0.3 is 18.3 Å². The van der Waals surface area contributed by atoms with Crippen molar-refractivity contribution in [2.45, 2.75) is 39.0 Å². The van der Waals surface area contributed by atoms with Gasteiger partial charge in [-0.15, -0.1) is 5.10 Å². The van der Waals surface area contributed by atoms with E-state index in [2.05, 4.69) is 25.1 Å². The number of anilines is 2. The van der Waals surface area contributed by atoms with Crippen LogP contribution in [0.2, 0.25) is 0 Å². The van der Waals surface area contributed by atoms with Gasteiger partial charge in [-0.2, -0.15) is 26.9 Å². The molecule has 0 aliphatic carbocycles. The molecule has 47 heavy (non-hydrogen) atoms. The number of carbonyl (C=O) groups excluding carboxylic acids is 2. The Kier molecular flexibility index (Phi) is 9.25. The molecule has 0 unspecified atom stereocenters. The molecular formula is C31H27F5N6O4S. The van der Waals surface area contributed by atoms with Gasteiger partial charge in [0.15, 0.2) is 11.0 Å². The Balaban J connectivity index is 1.32. The van der Waals surface area contributed by atoms with Crippen LogP contribution in [0.3, 0.4) is 0 Å². The number of ether oxygens (including phenoxy) is 2. The van der Waals surface area contributed by atoms with Crippen molar-refractivity contribution in [1.82, 2.24) is 14.8 Å². The van der Waals surface area contributed by atoms with E-state index in [1.807, 2.05) is 39.0 Å². The van der Waals surface area contributed by atoms with Gasteiger partial charge in [0, 0.05) is 5.56 Å².